The van der Waals surface area contributed by atoms with Crippen LogP contribution in [-0.2, 0) is 4.74 Å². The Hall–Kier alpha value is -3.57. The molecule has 1 aliphatic rings. The molecule has 0 saturated carbocycles. The van der Waals surface area contributed by atoms with Gasteiger partial charge in [0.05, 0.1) is 28.5 Å². The van der Waals surface area contributed by atoms with Crippen molar-refractivity contribution in [2.24, 2.45) is 0 Å². The molecular formula is C28H27N3O2. The van der Waals surface area contributed by atoms with Crippen LogP contribution in [0.2, 0.25) is 0 Å². The van der Waals surface area contributed by atoms with Gasteiger partial charge in [-0.05, 0) is 57.0 Å². The van der Waals surface area contributed by atoms with Gasteiger partial charge in [0.2, 0.25) is 0 Å². The van der Waals surface area contributed by atoms with E-state index in [9.17, 15) is 4.79 Å². The molecule has 5 rings (SSSR count). The molecule has 1 atom stereocenters. The maximum Gasteiger partial charge on any atom is 0.251 e. The van der Waals surface area contributed by atoms with E-state index in [0.29, 0.717) is 17.6 Å². The summed E-state index contributed by atoms with van der Waals surface area (Å²) in [7, 11) is 0. The number of nitrogens with one attached hydrogen (secondary N) is 1. The number of amides is 1. The van der Waals surface area contributed by atoms with Crippen LogP contribution >= 0.6 is 0 Å². The van der Waals surface area contributed by atoms with Crippen molar-refractivity contribution in [1.82, 2.24) is 15.3 Å². The summed E-state index contributed by atoms with van der Waals surface area (Å²) >= 11 is 0. The smallest absolute Gasteiger partial charge is 0.251 e. The number of nitrogens with zero attached hydrogens (tertiary/aromatic N) is 2. The van der Waals surface area contributed by atoms with Gasteiger partial charge >= 0.3 is 0 Å². The zero-order valence-electron chi connectivity index (χ0n) is 19.0. The van der Waals surface area contributed by atoms with Gasteiger partial charge in [0.25, 0.3) is 5.91 Å². The summed E-state index contributed by atoms with van der Waals surface area (Å²) in [5, 5.41) is 2.99. The molecule has 4 aromatic rings. The van der Waals surface area contributed by atoms with Crippen LogP contribution in [0.1, 0.15) is 34.3 Å². The number of rotatable bonds is 5. The van der Waals surface area contributed by atoms with Crippen LogP contribution in [0.4, 0.5) is 0 Å². The maximum atomic E-state index is 12.8. The van der Waals surface area contributed by atoms with Gasteiger partial charge in [-0.1, -0.05) is 47.5 Å². The molecule has 0 radical (unpaired) electrons. The zero-order chi connectivity index (χ0) is 22.8. The summed E-state index contributed by atoms with van der Waals surface area (Å²) in [6.07, 6.45) is 2.15. The van der Waals surface area contributed by atoms with Crippen LogP contribution < -0.4 is 5.32 Å². The van der Waals surface area contributed by atoms with Gasteiger partial charge < -0.3 is 10.1 Å². The number of hydrogen-bond acceptors (Lipinski definition) is 4. The zero-order valence-corrected chi connectivity index (χ0v) is 19.0. The minimum atomic E-state index is -0.117. The van der Waals surface area contributed by atoms with E-state index in [1.54, 1.807) is 0 Å². The third-order valence-electron chi connectivity index (χ3n) is 6.02. The highest BCUT2D eigenvalue weighted by Gasteiger charge is 2.18. The number of hydrogen-bond donors (Lipinski definition) is 1. The first-order valence-electron chi connectivity index (χ1n) is 11.4. The standard InChI is InChI=1S/C28H27N3O2/c1-18-6-3-8-20(14-18)26-27(21-9-4-7-19(2)15-21)31-25-16-22(11-12-24(25)30-26)28(32)29-17-23-10-5-13-33-23/h3-4,6-9,11-12,14-16,23H,5,10,13,17H2,1-2H3,(H,29,32)/t23-/m1/s1. The fraction of sp³-hybridized carbons (Fsp3) is 0.250. The molecule has 3 aromatic carbocycles. The van der Waals surface area contributed by atoms with Crippen LogP contribution in [0.25, 0.3) is 33.5 Å². The van der Waals surface area contributed by atoms with Crippen molar-refractivity contribution in [3.05, 3.63) is 83.4 Å². The van der Waals surface area contributed by atoms with Gasteiger partial charge in [0, 0.05) is 29.8 Å². The number of ether oxygens (including phenoxy) is 1. The predicted octanol–water partition coefficient (Wildman–Crippen LogP) is 5.49. The second kappa shape index (κ2) is 9.12. The van der Waals surface area contributed by atoms with Gasteiger partial charge in [-0.2, -0.15) is 0 Å². The van der Waals surface area contributed by atoms with Crippen molar-refractivity contribution in [3.8, 4) is 22.5 Å². The molecule has 1 amide bonds. The molecule has 5 heteroatoms. The lowest BCUT2D eigenvalue weighted by atomic mass is 10.0. The third kappa shape index (κ3) is 4.64. The molecular weight excluding hydrogens is 410 g/mol. The normalized spacial score (nSPS) is 15.6. The fourth-order valence-corrected chi connectivity index (χ4v) is 4.30. The molecule has 33 heavy (non-hydrogen) atoms. The second-order valence-corrected chi connectivity index (χ2v) is 8.71. The molecule has 2 heterocycles. The van der Waals surface area contributed by atoms with Crippen LogP contribution in [-0.4, -0.2) is 35.1 Å². The van der Waals surface area contributed by atoms with Crippen molar-refractivity contribution in [2.45, 2.75) is 32.8 Å². The van der Waals surface area contributed by atoms with Gasteiger partial charge in [0.1, 0.15) is 0 Å². The first-order valence-corrected chi connectivity index (χ1v) is 11.4. The lowest BCUT2D eigenvalue weighted by Crippen LogP contribution is -2.31. The Kier molecular flexibility index (Phi) is 5.88. The SMILES string of the molecule is Cc1cccc(-c2nc3ccc(C(=O)NC[C@H]4CCCO4)cc3nc2-c2cccc(C)c2)c1. The predicted molar refractivity (Wildman–Crippen MR) is 131 cm³/mol. The first-order chi connectivity index (χ1) is 16.1. The minimum absolute atomic E-state index is 0.110. The van der Waals surface area contributed by atoms with E-state index in [0.717, 1.165) is 53.0 Å². The summed E-state index contributed by atoms with van der Waals surface area (Å²) in [5.41, 5.74) is 8.06. The summed E-state index contributed by atoms with van der Waals surface area (Å²) in [6, 6.07) is 22.1. The molecule has 0 aliphatic carbocycles. The summed E-state index contributed by atoms with van der Waals surface area (Å²) in [4.78, 5) is 22.7. The quantitative estimate of drug-likeness (QED) is 0.448. The Morgan fingerprint density at radius 3 is 2.18 bits per heavy atom. The van der Waals surface area contributed by atoms with Crippen LogP contribution in [0.3, 0.4) is 0 Å². The molecule has 0 unspecified atom stereocenters. The number of carbonyl (C=O) groups excluding carboxylic acids is 1. The van der Waals surface area contributed by atoms with E-state index in [-0.39, 0.29) is 12.0 Å². The van der Waals surface area contributed by atoms with Crippen molar-refractivity contribution >= 4 is 16.9 Å². The van der Waals surface area contributed by atoms with Gasteiger partial charge in [0.15, 0.2) is 0 Å². The fourth-order valence-electron chi connectivity index (χ4n) is 4.30. The molecule has 0 bridgehead atoms. The molecule has 0 spiro atoms. The van der Waals surface area contributed by atoms with Gasteiger partial charge in [-0.15, -0.1) is 0 Å². The summed E-state index contributed by atoms with van der Waals surface area (Å²) < 4.78 is 5.61. The third-order valence-corrected chi connectivity index (χ3v) is 6.02. The van der Waals surface area contributed by atoms with Crippen LogP contribution in [0, 0.1) is 13.8 Å². The highest BCUT2D eigenvalue weighted by Crippen LogP contribution is 2.32. The van der Waals surface area contributed by atoms with E-state index in [1.165, 1.54) is 5.56 Å². The van der Waals surface area contributed by atoms with Crippen molar-refractivity contribution in [2.75, 3.05) is 13.2 Å². The Labute approximate surface area is 193 Å². The van der Waals surface area contributed by atoms with Gasteiger partial charge in [-0.3, -0.25) is 4.79 Å². The second-order valence-electron chi connectivity index (χ2n) is 8.71. The van der Waals surface area contributed by atoms with Crippen molar-refractivity contribution < 1.29 is 9.53 Å². The first kappa shape index (κ1) is 21.3. The highest BCUT2D eigenvalue weighted by molar-refractivity contribution is 5.98. The van der Waals surface area contributed by atoms with E-state index in [4.69, 9.17) is 14.7 Å². The Morgan fingerprint density at radius 2 is 1.58 bits per heavy atom. The van der Waals surface area contributed by atoms with E-state index in [2.05, 4.69) is 55.6 Å². The van der Waals surface area contributed by atoms with E-state index >= 15 is 0 Å². The maximum absolute atomic E-state index is 12.8. The summed E-state index contributed by atoms with van der Waals surface area (Å²) in [6.45, 7) is 5.45. The van der Waals surface area contributed by atoms with Crippen LogP contribution in [0.15, 0.2) is 66.7 Å². The summed E-state index contributed by atoms with van der Waals surface area (Å²) in [5.74, 6) is -0.117. The Balaban J connectivity index is 1.56. The van der Waals surface area contributed by atoms with Crippen molar-refractivity contribution in [3.63, 3.8) is 0 Å². The average Bonchev–Trinajstić information content (AvgIpc) is 3.35. The van der Waals surface area contributed by atoms with Gasteiger partial charge in [-0.25, -0.2) is 9.97 Å². The van der Waals surface area contributed by atoms with E-state index < -0.39 is 0 Å². The highest BCUT2D eigenvalue weighted by atomic mass is 16.5. The number of fused-ring (bicyclic) bond motifs is 1. The lowest BCUT2D eigenvalue weighted by molar-refractivity contribution is 0.0858. The molecule has 166 valence electrons. The number of aryl methyl sites for hydroxylation is 2. The Bertz CT molecular complexity index is 1330. The van der Waals surface area contributed by atoms with Crippen molar-refractivity contribution in [1.29, 1.82) is 0 Å². The molecule has 5 nitrogen and oxygen atoms in total. The monoisotopic (exact) mass is 437 g/mol. The molecule has 1 N–H and O–H groups in total. The molecule has 1 aromatic heterocycles. The molecule has 1 aliphatic heterocycles. The lowest BCUT2D eigenvalue weighted by Gasteiger charge is -2.13. The minimum Gasteiger partial charge on any atom is -0.376 e. The topological polar surface area (TPSA) is 64.1 Å². The largest absolute Gasteiger partial charge is 0.376 e. The Morgan fingerprint density at radius 1 is 0.909 bits per heavy atom. The number of benzene rings is 3. The average molecular weight is 438 g/mol. The molecule has 1 saturated heterocycles. The number of carbonyl (C=O) groups is 1. The van der Waals surface area contributed by atoms with E-state index in [1.807, 2.05) is 30.3 Å². The molecule has 1 fully saturated rings. The number of aromatic nitrogens is 2. The van der Waals surface area contributed by atoms with Crippen LogP contribution in [0.5, 0.6) is 0 Å².